The van der Waals surface area contributed by atoms with Crippen LogP contribution in [0.4, 0.5) is 0 Å². The fourth-order valence-corrected chi connectivity index (χ4v) is 3.60. The molecular weight excluding hydrogens is 338 g/mol. The van der Waals surface area contributed by atoms with E-state index < -0.39 is 0 Å². The van der Waals surface area contributed by atoms with E-state index in [1.54, 1.807) is 0 Å². The molecule has 1 aromatic rings. The second kappa shape index (κ2) is 9.41. The highest BCUT2D eigenvalue weighted by Gasteiger charge is 2.30. The molecule has 140 valence electrons. The summed E-state index contributed by atoms with van der Waals surface area (Å²) in [5.74, 6) is 1.07. The summed E-state index contributed by atoms with van der Waals surface area (Å²) in [6.07, 6.45) is 1.71. The van der Waals surface area contributed by atoms with Gasteiger partial charge in [0.05, 0.1) is 12.5 Å². The van der Waals surface area contributed by atoms with Crippen molar-refractivity contribution < 1.29 is 9.53 Å². The Bertz CT molecular complexity index is 561. The van der Waals surface area contributed by atoms with E-state index in [0.717, 1.165) is 57.0 Å². The summed E-state index contributed by atoms with van der Waals surface area (Å²) in [6.45, 7) is 10.1. The summed E-state index contributed by atoms with van der Waals surface area (Å²) in [7, 11) is 0. The van der Waals surface area contributed by atoms with E-state index in [-0.39, 0.29) is 24.4 Å². The van der Waals surface area contributed by atoms with Gasteiger partial charge >= 0.3 is 0 Å². The molecule has 2 saturated heterocycles. The van der Waals surface area contributed by atoms with Crippen molar-refractivity contribution in [2.24, 2.45) is 0 Å². The van der Waals surface area contributed by atoms with E-state index in [1.165, 1.54) is 0 Å². The van der Waals surface area contributed by atoms with Crippen molar-refractivity contribution in [2.45, 2.75) is 38.8 Å². The number of carbonyl (C=O) groups is 1. The molecule has 0 spiro atoms. The summed E-state index contributed by atoms with van der Waals surface area (Å²) in [5.41, 5.74) is 1.03. The van der Waals surface area contributed by atoms with E-state index in [4.69, 9.17) is 4.74 Å². The first kappa shape index (κ1) is 20.0. The SMILES string of the molecule is CC(C)Oc1cccc(CC(=O)N2CCC(N3CCNCC3)C2)c1.Cl. The standard InChI is InChI=1S/C19H29N3O2.ClH/c1-15(2)24-18-5-3-4-16(12-18)13-19(23)22-9-6-17(14-22)21-10-7-20-8-11-21;/h3-5,12,15,17,20H,6-11,13-14H2,1-2H3;1H. The number of likely N-dealkylation sites (tertiary alicyclic amines) is 1. The molecule has 2 aliphatic heterocycles. The Morgan fingerprint density at radius 3 is 2.76 bits per heavy atom. The minimum Gasteiger partial charge on any atom is -0.491 e. The summed E-state index contributed by atoms with van der Waals surface area (Å²) in [5, 5.41) is 3.39. The van der Waals surface area contributed by atoms with Gasteiger partial charge in [-0.2, -0.15) is 0 Å². The lowest BCUT2D eigenvalue weighted by Gasteiger charge is -2.32. The van der Waals surface area contributed by atoms with Gasteiger partial charge < -0.3 is 15.0 Å². The lowest BCUT2D eigenvalue weighted by Crippen LogP contribution is -2.49. The Balaban J connectivity index is 0.00000225. The zero-order valence-electron chi connectivity index (χ0n) is 15.2. The van der Waals surface area contributed by atoms with E-state index >= 15 is 0 Å². The fourth-order valence-electron chi connectivity index (χ4n) is 3.60. The van der Waals surface area contributed by atoms with E-state index in [9.17, 15) is 4.79 Å². The normalized spacial score (nSPS) is 21.2. The van der Waals surface area contributed by atoms with Crippen LogP contribution in [0.5, 0.6) is 5.75 Å². The minimum absolute atomic E-state index is 0. The van der Waals surface area contributed by atoms with E-state index in [1.807, 2.05) is 43.0 Å². The van der Waals surface area contributed by atoms with Gasteiger partial charge in [0.15, 0.2) is 0 Å². The van der Waals surface area contributed by atoms with Crippen molar-refractivity contribution in [3.8, 4) is 5.75 Å². The molecule has 3 rings (SSSR count). The molecule has 1 amide bonds. The number of hydrogen-bond donors (Lipinski definition) is 1. The van der Waals surface area contributed by atoms with Gasteiger partial charge in [-0.3, -0.25) is 9.69 Å². The van der Waals surface area contributed by atoms with Crippen LogP contribution >= 0.6 is 12.4 Å². The van der Waals surface area contributed by atoms with Crippen molar-refractivity contribution in [3.63, 3.8) is 0 Å². The molecule has 1 atom stereocenters. The van der Waals surface area contributed by atoms with Crippen LogP contribution in [0.1, 0.15) is 25.8 Å². The zero-order valence-corrected chi connectivity index (χ0v) is 16.1. The molecule has 25 heavy (non-hydrogen) atoms. The van der Waals surface area contributed by atoms with Crippen LogP contribution in [-0.4, -0.2) is 67.1 Å². The molecule has 1 unspecified atom stereocenters. The third-order valence-corrected chi connectivity index (χ3v) is 4.81. The molecule has 6 heteroatoms. The number of rotatable bonds is 5. The molecule has 5 nitrogen and oxygen atoms in total. The summed E-state index contributed by atoms with van der Waals surface area (Å²) >= 11 is 0. The molecule has 0 aliphatic carbocycles. The van der Waals surface area contributed by atoms with Crippen LogP contribution in [-0.2, 0) is 11.2 Å². The van der Waals surface area contributed by atoms with Gasteiger partial charge in [0.25, 0.3) is 0 Å². The van der Waals surface area contributed by atoms with Crippen molar-refractivity contribution >= 4 is 18.3 Å². The Kier molecular flexibility index (Phi) is 7.54. The average Bonchev–Trinajstić information content (AvgIpc) is 3.05. The molecule has 0 aromatic heterocycles. The molecular formula is C19H30ClN3O2. The van der Waals surface area contributed by atoms with Gasteiger partial charge in [-0.1, -0.05) is 12.1 Å². The number of benzene rings is 1. The predicted molar refractivity (Wildman–Crippen MR) is 103 cm³/mol. The Labute approximate surface area is 157 Å². The number of carbonyl (C=O) groups excluding carboxylic acids is 1. The third-order valence-electron chi connectivity index (χ3n) is 4.81. The minimum atomic E-state index is 0. The van der Waals surface area contributed by atoms with Gasteiger partial charge in [-0.25, -0.2) is 0 Å². The van der Waals surface area contributed by atoms with E-state index in [2.05, 4.69) is 10.2 Å². The van der Waals surface area contributed by atoms with E-state index in [0.29, 0.717) is 12.5 Å². The summed E-state index contributed by atoms with van der Waals surface area (Å²) in [6, 6.07) is 8.45. The fraction of sp³-hybridized carbons (Fsp3) is 0.632. The predicted octanol–water partition coefficient (Wildman–Crippen LogP) is 1.94. The van der Waals surface area contributed by atoms with Crippen LogP contribution in [0, 0.1) is 0 Å². The molecule has 0 saturated carbocycles. The Hall–Kier alpha value is -1.30. The molecule has 2 aliphatic rings. The second-order valence-corrected chi connectivity index (χ2v) is 7.06. The quantitative estimate of drug-likeness (QED) is 0.864. The second-order valence-electron chi connectivity index (χ2n) is 7.06. The smallest absolute Gasteiger partial charge is 0.227 e. The number of hydrogen-bond acceptors (Lipinski definition) is 4. The number of amides is 1. The van der Waals surface area contributed by atoms with Crippen LogP contribution < -0.4 is 10.1 Å². The van der Waals surface area contributed by atoms with Gasteiger partial charge in [0.2, 0.25) is 5.91 Å². The molecule has 2 fully saturated rings. The number of halogens is 1. The van der Waals surface area contributed by atoms with Crippen molar-refractivity contribution in [1.82, 2.24) is 15.1 Å². The number of nitrogens with zero attached hydrogens (tertiary/aromatic N) is 2. The van der Waals surface area contributed by atoms with Gasteiger partial charge in [0, 0.05) is 45.3 Å². The van der Waals surface area contributed by atoms with Crippen molar-refractivity contribution in [3.05, 3.63) is 29.8 Å². The highest BCUT2D eigenvalue weighted by Crippen LogP contribution is 2.19. The number of ether oxygens (including phenoxy) is 1. The highest BCUT2D eigenvalue weighted by molar-refractivity contribution is 5.85. The summed E-state index contributed by atoms with van der Waals surface area (Å²) in [4.78, 5) is 17.2. The Morgan fingerprint density at radius 1 is 1.28 bits per heavy atom. The molecule has 0 radical (unpaired) electrons. The van der Waals surface area contributed by atoms with Crippen LogP contribution in [0.15, 0.2) is 24.3 Å². The molecule has 1 aromatic carbocycles. The molecule has 1 N–H and O–H groups in total. The van der Waals surface area contributed by atoms with Gasteiger partial charge in [-0.15, -0.1) is 12.4 Å². The van der Waals surface area contributed by atoms with Crippen LogP contribution in [0.3, 0.4) is 0 Å². The largest absolute Gasteiger partial charge is 0.491 e. The van der Waals surface area contributed by atoms with Gasteiger partial charge in [0.1, 0.15) is 5.75 Å². The number of nitrogens with one attached hydrogen (secondary N) is 1. The number of piperazine rings is 1. The van der Waals surface area contributed by atoms with Gasteiger partial charge in [-0.05, 0) is 38.0 Å². The molecule has 0 bridgehead atoms. The third kappa shape index (κ3) is 5.59. The van der Waals surface area contributed by atoms with Crippen molar-refractivity contribution in [1.29, 1.82) is 0 Å². The highest BCUT2D eigenvalue weighted by atomic mass is 35.5. The first-order chi connectivity index (χ1) is 11.6. The average molecular weight is 368 g/mol. The van der Waals surface area contributed by atoms with Crippen LogP contribution in [0.25, 0.3) is 0 Å². The zero-order chi connectivity index (χ0) is 16.9. The van der Waals surface area contributed by atoms with Crippen LogP contribution in [0.2, 0.25) is 0 Å². The lowest BCUT2D eigenvalue weighted by molar-refractivity contribution is -0.129. The monoisotopic (exact) mass is 367 g/mol. The van der Waals surface area contributed by atoms with Crippen molar-refractivity contribution in [2.75, 3.05) is 39.3 Å². The lowest BCUT2D eigenvalue weighted by atomic mass is 10.1. The first-order valence-corrected chi connectivity index (χ1v) is 9.10. The summed E-state index contributed by atoms with van der Waals surface area (Å²) < 4.78 is 5.72. The first-order valence-electron chi connectivity index (χ1n) is 9.10. The Morgan fingerprint density at radius 2 is 2.04 bits per heavy atom. The topological polar surface area (TPSA) is 44.8 Å². The maximum absolute atomic E-state index is 12.6. The molecule has 2 heterocycles. The maximum atomic E-state index is 12.6. The maximum Gasteiger partial charge on any atom is 0.227 e.